The molecule has 1 aromatic rings. The van der Waals surface area contributed by atoms with Crippen molar-refractivity contribution in [3.05, 3.63) is 23.9 Å². The third-order valence-corrected chi connectivity index (χ3v) is 3.03. The molecule has 1 unspecified atom stereocenters. The van der Waals surface area contributed by atoms with Crippen molar-refractivity contribution in [1.29, 1.82) is 0 Å². The molecule has 0 spiro atoms. The molecule has 1 saturated heterocycles. The molecule has 0 aromatic carbocycles. The second-order valence-electron chi connectivity index (χ2n) is 4.06. The van der Waals surface area contributed by atoms with E-state index in [2.05, 4.69) is 10.1 Å². The maximum Gasteiger partial charge on any atom is 0.170 e. The van der Waals surface area contributed by atoms with E-state index >= 15 is 0 Å². The SMILES string of the molecule is N/C(=N/O)c1ccnc(N2CCCC2CO)c1. The monoisotopic (exact) mass is 236 g/mol. The quantitative estimate of drug-likeness (QED) is 0.300. The Bertz CT molecular complexity index is 422. The van der Waals surface area contributed by atoms with E-state index in [1.165, 1.54) is 0 Å². The molecule has 1 aliphatic rings. The predicted octanol–water partition coefficient (Wildman–Crippen LogP) is 0.137. The van der Waals surface area contributed by atoms with Gasteiger partial charge in [0.05, 0.1) is 12.6 Å². The van der Waals surface area contributed by atoms with Crippen LogP contribution in [0.15, 0.2) is 23.5 Å². The molecule has 1 aliphatic heterocycles. The molecule has 0 saturated carbocycles. The van der Waals surface area contributed by atoms with E-state index in [1.807, 2.05) is 4.90 Å². The Balaban J connectivity index is 2.27. The molecule has 6 nitrogen and oxygen atoms in total. The van der Waals surface area contributed by atoms with Crippen molar-refractivity contribution in [3.63, 3.8) is 0 Å². The fraction of sp³-hybridized carbons (Fsp3) is 0.455. The molecule has 0 amide bonds. The minimum atomic E-state index is 0.0633. The molecule has 2 heterocycles. The van der Waals surface area contributed by atoms with Crippen molar-refractivity contribution >= 4 is 11.7 Å². The highest BCUT2D eigenvalue weighted by atomic mass is 16.4. The maximum absolute atomic E-state index is 9.26. The number of nitrogens with zero attached hydrogens (tertiary/aromatic N) is 3. The average Bonchev–Trinajstić information content (AvgIpc) is 2.86. The third kappa shape index (κ3) is 2.31. The van der Waals surface area contributed by atoms with Crippen molar-refractivity contribution in [2.75, 3.05) is 18.1 Å². The van der Waals surface area contributed by atoms with Gasteiger partial charge in [0.25, 0.3) is 0 Å². The third-order valence-electron chi connectivity index (χ3n) is 3.03. The minimum Gasteiger partial charge on any atom is -0.409 e. The van der Waals surface area contributed by atoms with Crippen LogP contribution in [0.4, 0.5) is 5.82 Å². The summed E-state index contributed by atoms with van der Waals surface area (Å²) in [5.74, 6) is 0.819. The first-order valence-corrected chi connectivity index (χ1v) is 5.57. The van der Waals surface area contributed by atoms with Gasteiger partial charge in [-0.05, 0) is 25.0 Å². The number of anilines is 1. The standard InChI is InChI=1S/C11H16N4O2/c12-11(14-17)8-3-4-13-10(6-8)15-5-1-2-9(15)7-16/h3-4,6,9,16-17H,1-2,5,7H2,(H2,12,14). The minimum absolute atomic E-state index is 0.0633. The van der Waals surface area contributed by atoms with Crippen LogP contribution in [0.2, 0.25) is 0 Å². The molecule has 0 radical (unpaired) electrons. The first kappa shape index (κ1) is 11.7. The molecule has 4 N–H and O–H groups in total. The lowest BCUT2D eigenvalue weighted by Crippen LogP contribution is -2.32. The lowest BCUT2D eigenvalue weighted by atomic mass is 10.2. The molecule has 1 aromatic heterocycles. The summed E-state index contributed by atoms with van der Waals surface area (Å²) in [6.07, 6.45) is 3.63. The summed E-state index contributed by atoms with van der Waals surface area (Å²) in [6, 6.07) is 3.57. The van der Waals surface area contributed by atoms with Crippen LogP contribution >= 0.6 is 0 Å². The molecule has 92 valence electrons. The molecule has 1 atom stereocenters. The first-order chi connectivity index (χ1) is 8.26. The van der Waals surface area contributed by atoms with E-state index in [0.717, 1.165) is 25.2 Å². The number of pyridine rings is 1. The highest BCUT2D eigenvalue weighted by molar-refractivity contribution is 5.97. The molecular formula is C11H16N4O2. The molecule has 6 heteroatoms. The molecule has 1 fully saturated rings. The van der Waals surface area contributed by atoms with Crippen molar-refractivity contribution in [1.82, 2.24) is 4.98 Å². The van der Waals surface area contributed by atoms with E-state index in [9.17, 15) is 5.11 Å². The topological polar surface area (TPSA) is 95.0 Å². The maximum atomic E-state index is 9.26. The predicted molar refractivity (Wildman–Crippen MR) is 64.2 cm³/mol. The van der Waals surface area contributed by atoms with Gasteiger partial charge in [0.1, 0.15) is 5.82 Å². The normalized spacial score (nSPS) is 20.9. The van der Waals surface area contributed by atoms with Gasteiger partial charge in [-0.2, -0.15) is 0 Å². The van der Waals surface area contributed by atoms with Gasteiger partial charge >= 0.3 is 0 Å². The van der Waals surface area contributed by atoms with E-state index in [4.69, 9.17) is 10.9 Å². The Morgan fingerprint density at radius 3 is 3.18 bits per heavy atom. The Labute approximate surface area is 99.4 Å². The van der Waals surface area contributed by atoms with Gasteiger partial charge in [0, 0.05) is 18.3 Å². The van der Waals surface area contributed by atoms with Crippen LogP contribution in [0.25, 0.3) is 0 Å². The highest BCUT2D eigenvalue weighted by Gasteiger charge is 2.24. The average molecular weight is 236 g/mol. The fourth-order valence-electron chi connectivity index (χ4n) is 2.12. The largest absolute Gasteiger partial charge is 0.409 e. The number of hydrogen-bond acceptors (Lipinski definition) is 5. The van der Waals surface area contributed by atoms with Crippen LogP contribution in [-0.4, -0.2) is 40.3 Å². The van der Waals surface area contributed by atoms with Crippen LogP contribution in [0.1, 0.15) is 18.4 Å². The summed E-state index contributed by atoms with van der Waals surface area (Å²) in [4.78, 5) is 6.31. The summed E-state index contributed by atoms with van der Waals surface area (Å²) in [5.41, 5.74) is 6.16. The summed E-state index contributed by atoms with van der Waals surface area (Å²) < 4.78 is 0. The van der Waals surface area contributed by atoms with Gasteiger partial charge in [-0.1, -0.05) is 5.16 Å². The Kier molecular flexibility index (Phi) is 3.43. The van der Waals surface area contributed by atoms with Crippen molar-refractivity contribution in [3.8, 4) is 0 Å². The second-order valence-corrected chi connectivity index (χ2v) is 4.06. The first-order valence-electron chi connectivity index (χ1n) is 5.57. The highest BCUT2D eigenvalue weighted by Crippen LogP contribution is 2.23. The second kappa shape index (κ2) is 5.01. The Hall–Kier alpha value is -1.82. The number of amidine groups is 1. The molecule has 0 aliphatic carbocycles. The number of oxime groups is 1. The Morgan fingerprint density at radius 1 is 1.65 bits per heavy atom. The lowest BCUT2D eigenvalue weighted by Gasteiger charge is -2.24. The van der Waals surface area contributed by atoms with Gasteiger partial charge in [0.2, 0.25) is 0 Å². The summed E-state index contributed by atoms with van der Waals surface area (Å²) in [6.45, 7) is 0.993. The van der Waals surface area contributed by atoms with E-state index in [1.54, 1.807) is 18.3 Å². The van der Waals surface area contributed by atoms with E-state index in [-0.39, 0.29) is 18.5 Å². The van der Waals surface area contributed by atoms with Crippen molar-refractivity contribution < 1.29 is 10.3 Å². The van der Waals surface area contributed by atoms with E-state index in [0.29, 0.717) is 5.56 Å². The zero-order chi connectivity index (χ0) is 12.3. The molecule has 2 rings (SSSR count). The number of hydrogen-bond donors (Lipinski definition) is 3. The number of rotatable bonds is 3. The summed E-state index contributed by atoms with van der Waals surface area (Å²) in [5, 5.41) is 20.9. The van der Waals surface area contributed by atoms with E-state index < -0.39 is 0 Å². The Morgan fingerprint density at radius 2 is 2.47 bits per heavy atom. The lowest BCUT2D eigenvalue weighted by molar-refractivity contribution is 0.266. The summed E-state index contributed by atoms with van der Waals surface area (Å²) >= 11 is 0. The number of nitrogens with two attached hydrogens (primary N) is 1. The zero-order valence-electron chi connectivity index (χ0n) is 9.45. The zero-order valence-corrected chi connectivity index (χ0v) is 9.45. The molecule has 0 bridgehead atoms. The number of aliphatic hydroxyl groups is 1. The summed E-state index contributed by atoms with van der Waals surface area (Å²) in [7, 11) is 0. The van der Waals surface area contributed by atoms with Crippen LogP contribution in [0, 0.1) is 0 Å². The van der Waals surface area contributed by atoms with Crippen LogP contribution in [0.5, 0.6) is 0 Å². The van der Waals surface area contributed by atoms with Gasteiger partial charge in [-0.15, -0.1) is 0 Å². The van der Waals surface area contributed by atoms with Crippen LogP contribution in [-0.2, 0) is 0 Å². The molecular weight excluding hydrogens is 220 g/mol. The van der Waals surface area contributed by atoms with Gasteiger partial charge in [0.15, 0.2) is 5.84 Å². The van der Waals surface area contributed by atoms with Crippen LogP contribution in [0.3, 0.4) is 0 Å². The van der Waals surface area contributed by atoms with Gasteiger partial charge in [-0.25, -0.2) is 4.98 Å². The van der Waals surface area contributed by atoms with Crippen LogP contribution < -0.4 is 10.6 Å². The number of aliphatic hydroxyl groups excluding tert-OH is 1. The van der Waals surface area contributed by atoms with Crippen molar-refractivity contribution in [2.24, 2.45) is 10.9 Å². The number of aromatic nitrogens is 1. The van der Waals surface area contributed by atoms with Gasteiger partial charge in [-0.3, -0.25) is 0 Å². The van der Waals surface area contributed by atoms with Crippen molar-refractivity contribution in [2.45, 2.75) is 18.9 Å². The smallest absolute Gasteiger partial charge is 0.170 e. The molecule has 17 heavy (non-hydrogen) atoms. The fourth-order valence-corrected chi connectivity index (χ4v) is 2.12. The van der Waals surface area contributed by atoms with Gasteiger partial charge < -0.3 is 20.9 Å².